The van der Waals surface area contributed by atoms with E-state index in [1.165, 1.54) is 74.9 Å². The molecule has 4 aromatic carbocycles. The monoisotopic (exact) mass is 596 g/mol. The molecule has 4 rings (SSSR count). The number of methoxy groups -OCH3 is 2. The van der Waals surface area contributed by atoms with E-state index in [0.717, 1.165) is 11.1 Å². The quantitative estimate of drug-likeness (QED) is 0.229. The van der Waals surface area contributed by atoms with Gasteiger partial charge in [-0.2, -0.15) is 0 Å². The van der Waals surface area contributed by atoms with Crippen molar-refractivity contribution in [3.8, 4) is 17.2 Å². The van der Waals surface area contributed by atoms with Gasteiger partial charge in [0.2, 0.25) is 0 Å². The number of carbonyl (C=O) groups excluding carboxylic acids is 1. The Morgan fingerprint density at radius 1 is 0.634 bits per heavy atom. The lowest BCUT2D eigenvalue weighted by Gasteiger charge is -2.15. The molecule has 0 atom stereocenters. The topological polar surface area (TPSA) is 137 Å². The molecule has 0 bridgehead atoms. The predicted molar refractivity (Wildman–Crippen MR) is 155 cm³/mol. The summed E-state index contributed by atoms with van der Waals surface area (Å²) in [6.07, 6.45) is 0. The number of benzene rings is 4. The molecule has 4 aromatic rings. The first-order valence-corrected chi connectivity index (χ1v) is 15.2. The lowest BCUT2D eigenvalue weighted by Crippen LogP contribution is -2.16. The van der Waals surface area contributed by atoms with Crippen LogP contribution in [-0.2, 0) is 24.8 Å². The number of hydrogen-bond donors (Lipinski definition) is 2. The fourth-order valence-electron chi connectivity index (χ4n) is 3.75. The minimum absolute atomic E-state index is 0.00298. The van der Waals surface area contributed by atoms with Gasteiger partial charge in [-0.1, -0.05) is 35.4 Å². The number of aryl methyl sites for hydroxylation is 2. The van der Waals surface area contributed by atoms with E-state index in [-0.39, 0.29) is 44.0 Å². The summed E-state index contributed by atoms with van der Waals surface area (Å²) in [6, 6.07) is 21.3. The molecule has 12 heteroatoms. The zero-order valence-corrected chi connectivity index (χ0v) is 24.3. The van der Waals surface area contributed by atoms with Gasteiger partial charge in [0, 0.05) is 6.07 Å². The normalized spacial score (nSPS) is 11.4. The largest absolute Gasteiger partial charge is 0.494 e. The number of nitrogens with one attached hydrogen (secondary N) is 2. The van der Waals surface area contributed by atoms with Gasteiger partial charge in [0.15, 0.2) is 0 Å². The summed E-state index contributed by atoms with van der Waals surface area (Å²) < 4.78 is 72.5. The van der Waals surface area contributed by atoms with Gasteiger partial charge in [0.05, 0.1) is 40.9 Å². The summed E-state index contributed by atoms with van der Waals surface area (Å²) in [7, 11) is -5.30. The molecule has 0 amide bonds. The molecule has 41 heavy (non-hydrogen) atoms. The number of rotatable bonds is 10. The molecule has 0 spiro atoms. The number of carbonyl (C=O) groups is 1. The van der Waals surface area contributed by atoms with Crippen molar-refractivity contribution >= 4 is 37.4 Å². The van der Waals surface area contributed by atoms with Crippen molar-refractivity contribution in [3.63, 3.8) is 0 Å². The average molecular weight is 597 g/mol. The van der Waals surface area contributed by atoms with E-state index < -0.39 is 26.0 Å². The molecule has 214 valence electrons. The Bertz CT molecular complexity index is 1790. The molecule has 0 radical (unpaired) electrons. The maximum Gasteiger partial charge on any atom is 0.340 e. The van der Waals surface area contributed by atoms with Crippen molar-refractivity contribution < 1.29 is 35.8 Å². The molecule has 0 aromatic heterocycles. The lowest BCUT2D eigenvalue weighted by atomic mass is 10.1. The minimum atomic E-state index is -3.99. The van der Waals surface area contributed by atoms with Crippen molar-refractivity contribution in [1.29, 1.82) is 0 Å². The van der Waals surface area contributed by atoms with Gasteiger partial charge in [-0.15, -0.1) is 0 Å². The van der Waals surface area contributed by atoms with E-state index in [9.17, 15) is 21.6 Å². The van der Waals surface area contributed by atoms with Gasteiger partial charge < -0.3 is 14.2 Å². The Morgan fingerprint density at radius 3 is 1.59 bits per heavy atom. The number of anilines is 2. The van der Waals surface area contributed by atoms with Crippen LogP contribution in [0.1, 0.15) is 21.5 Å². The van der Waals surface area contributed by atoms with Crippen molar-refractivity contribution in [2.75, 3.05) is 23.7 Å². The highest BCUT2D eigenvalue weighted by Crippen LogP contribution is 2.34. The van der Waals surface area contributed by atoms with Crippen LogP contribution in [-0.4, -0.2) is 37.0 Å². The Kier molecular flexibility index (Phi) is 8.55. The third kappa shape index (κ3) is 6.97. The number of sulfonamides is 2. The van der Waals surface area contributed by atoms with Gasteiger partial charge in [0.25, 0.3) is 20.0 Å². The van der Waals surface area contributed by atoms with Crippen LogP contribution in [0.4, 0.5) is 11.4 Å². The Balaban J connectivity index is 1.59. The second-order valence-electron chi connectivity index (χ2n) is 9.00. The molecule has 0 saturated carbocycles. The Morgan fingerprint density at radius 2 is 1.10 bits per heavy atom. The second kappa shape index (κ2) is 11.9. The van der Waals surface area contributed by atoms with Crippen molar-refractivity contribution in [2.24, 2.45) is 0 Å². The molecule has 0 saturated heterocycles. The molecule has 0 aliphatic rings. The number of ether oxygens (including phenoxy) is 3. The minimum Gasteiger partial charge on any atom is -0.494 e. The average Bonchev–Trinajstić information content (AvgIpc) is 2.94. The molecule has 0 aliphatic heterocycles. The number of esters is 1. The summed E-state index contributed by atoms with van der Waals surface area (Å²) in [5.74, 6) is -0.132. The second-order valence-corrected chi connectivity index (χ2v) is 12.4. The number of hydrogen-bond acceptors (Lipinski definition) is 8. The van der Waals surface area contributed by atoms with E-state index >= 15 is 0 Å². The lowest BCUT2D eigenvalue weighted by molar-refractivity contribution is 0.0601. The van der Waals surface area contributed by atoms with Crippen molar-refractivity contribution in [3.05, 3.63) is 102 Å². The molecular weight excluding hydrogens is 568 g/mol. The predicted octanol–water partition coefficient (Wildman–Crippen LogP) is 5.49. The van der Waals surface area contributed by atoms with Crippen LogP contribution in [0.15, 0.2) is 94.7 Å². The zero-order chi connectivity index (χ0) is 29.8. The highest BCUT2D eigenvalue weighted by atomic mass is 32.2. The van der Waals surface area contributed by atoms with Crippen LogP contribution in [0.25, 0.3) is 0 Å². The van der Waals surface area contributed by atoms with E-state index in [1.54, 1.807) is 24.3 Å². The summed E-state index contributed by atoms with van der Waals surface area (Å²) in [4.78, 5) is 12.6. The van der Waals surface area contributed by atoms with Crippen LogP contribution in [0.2, 0.25) is 0 Å². The SMILES string of the molecule is COC(=O)c1cc(Oc2ccc(NS(=O)(=O)c3ccc(C)cc3)c(OC)c2)ccc1NS(=O)(=O)c1ccc(C)cc1. The Hall–Kier alpha value is -4.55. The van der Waals surface area contributed by atoms with E-state index in [4.69, 9.17) is 14.2 Å². The van der Waals surface area contributed by atoms with Crippen LogP contribution in [0.3, 0.4) is 0 Å². The first kappa shape index (κ1) is 29.4. The molecule has 0 unspecified atom stereocenters. The third-order valence-electron chi connectivity index (χ3n) is 5.96. The van der Waals surface area contributed by atoms with E-state index in [0.29, 0.717) is 0 Å². The fourth-order valence-corrected chi connectivity index (χ4v) is 5.90. The molecule has 0 aliphatic carbocycles. The Labute approximate surface area is 239 Å². The molecule has 0 heterocycles. The molecule has 0 fully saturated rings. The highest BCUT2D eigenvalue weighted by molar-refractivity contribution is 7.93. The van der Waals surface area contributed by atoms with Gasteiger partial charge >= 0.3 is 5.97 Å². The molecule has 10 nitrogen and oxygen atoms in total. The maximum atomic E-state index is 12.9. The van der Waals surface area contributed by atoms with Crippen LogP contribution < -0.4 is 18.9 Å². The standard InChI is InChI=1S/C29H28N2O8S2/c1-19-5-11-23(12-6-19)40(33,34)30-26-15-9-21(17-25(26)29(32)38-4)39-22-10-16-27(28(18-22)37-3)31-41(35,36)24-13-7-20(2)8-14-24/h5-18,30-31H,1-4H3. The zero-order valence-electron chi connectivity index (χ0n) is 22.7. The summed E-state index contributed by atoms with van der Waals surface area (Å²) in [5.41, 5.74) is 1.94. The first-order chi connectivity index (χ1) is 19.4. The maximum absolute atomic E-state index is 12.9. The van der Waals surface area contributed by atoms with E-state index in [1.807, 2.05) is 13.8 Å². The molecule has 2 N–H and O–H groups in total. The van der Waals surface area contributed by atoms with E-state index in [2.05, 4.69) is 9.44 Å². The summed E-state index contributed by atoms with van der Waals surface area (Å²) >= 11 is 0. The van der Waals surface area contributed by atoms with Gasteiger partial charge in [-0.05, 0) is 68.4 Å². The van der Waals surface area contributed by atoms with Crippen molar-refractivity contribution in [2.45, 2.75) is 23.6 Å². The summed E-state index contributed by atoms with van der Waals surface area (Å²) in [5, 5.41) is 0. The van der Waals surface area contributed by atoms with Gasteiger partial charge in [-0.3, -0.25) is 9.44 Å². The smallest absolute Gasteiger partial charge is 0.340 e. The van der Waals surface area contributed by atoms with Gasteiger partial charge in [0.1, 0.15) is 17.2 Å². The van der Waals surface area contributed by atoms with Crippen LogP contribution in [0, 0.1) is 13.8 Å². The first-order valence-electron chi connectivity index (χ1n) is 12.2. The highest BCUT2D eigenvalue weighted by Gasteiger charge is 2.21. The third-order valence-corrected chi connectivity index (χ3v) is 8.72. The molecular formula is C29H28N2O8S2. The van der Waals surface area contributed by atoms with Crippen LogP contribution >= 0.6 is 0 Å². The van der Waals surface area contributed by atoms with Gasteiger partial charge in [-0.25, -0.2) is 21.6 Å². The summed E-state index contributed by atoms with van der Waals surface area (Å²) in [6.45, 7) is 3.70. The fraction of sp³-hybridized carbons (Fsp3) is 0.138. The van der Waals surface area contributed by atoms with Crippen LogP contribution in [0.5, 0.6) is 17.2 Å². The van der Waals surface area contributed by atoms with Crippen molar-refractivity contribution in [1.82, 2.24) is 0 Å².